The zero-order valence-electron chi connectivity index (χ0n) is 7.77. The van der Waals surface area contributed by atoms with Crippen LogP contribution in [-0.4, -0.2) is 14.7 Å². The summed E-state index contributed by atoms with van der Waals surface area (Å²) in [6, 6.07) is 0. The van der Waals surface area contributed by atoms with Gasteiger partial charge >= 0.3 is 5.69 Å². The maximum absolute atomic E-state index is 10.7. The van der Waals surface area contributed by atoms with Crippen LogP contribution in [0.1, 0.15) is 25.0 Å². The Morgan fingerprint density at radius 1 is 1.57 bits per heavy atom. The Labute approximate surface area is 81.2 Å². The molecule has 0 unspecified atom stereocenters. The monoisotopic (exact) mass is 193 g/mol. The zero-order valence-corrected chi connectivity index (χ0v) is 7.77. The van der Waals surface area contributed by atoms with Gasteiger partial charge in [-0.15, -0.1) is 0 Å². The molecule has 0 saturated carbocycles. The van der Waals surface area contributed by atoms with Gasteiger partial charge in [0.1, 0.15) is 11.9 Å². The van der Waals surface area contributed by atoms with Gasteiger partial charge in [-0.05, 0) is 24.8 Å². The molecule has 0 aliphatic carbocycles. The molecule has 1 aliphatic rings. The van der Waals surface area contributed by atoms with Crippen LogP contribution in [0.15, 0.2) is 12.8 Å². The third kappa shape index (κ3) is 1.30. The molecule has 5 nitrogen and oxygen atoms in total. The van der Waals surface area contributed by atoms with Crippen molar-refractivity contribution >= 4 is 11.3 Å². The molecule has 1 aliphatic heterocycles. The molecule has 0 aromatic carbocycles. The van der Waals surface area contributed by atoms with Crippen LogP contribution in [-0.2, 0) is 6.54 Å². The minimum atomic E-state index is -0.394. The van der Waals surface area contributed by atoms with Crippen molar-refractivity contribution in [3.05, 3.63) is 28.6 Å². The van der Waals surface area contributed by atoms with Crippen LogP contribution < -0.4 is 0 Å². The Balaban J connectivity index is 2.52. The van der Waals surface area contributed by atoms with Crippen LogP contribution in [0.2, 0.25) is 0 Å². The number of aromatic nitrogens is 2. The molecule has 2 heterocycles. The third-order valence-electron chi connectivity index (χ3n) is 2.45. The molecular formula is C9H11N3O2. The van der Waals surface area contributed by atoms with Crippen molar-refractivity contribution in [2.24, 2.45) is 0 Å². The SMILES string of the molecule is C=C1CCCCn2ncc([N+](=O)[O-])c21. The second kappa shape index (κ2) is 3.25. The van der Waals surface area contributed by atoms with E-state index in [-0.39, 0.29) is 5.69 Å². The number of aryl methyl sites for hydroxylation is 1. The van der Waals surface area contributed by atoms with Crippen molar-refractivity contribution in [2.45, 2.75) is 25.8 Å². The standard InChI is InChI=1S/C9H11N3O2/c1-7-4-2-3-5-11-9(7)8(6-10-11)12(13)14/h6H,1-5H2. The minimum absolute atomic E-state index is 0.0805. The molecule has 0 bridgehead atoms. The van der Waals surface area contributed by atoms with Gasteiger partial charge in [0.05, 0.1) is 4.92 Å². The summed E-state index contributed by atoms with van der Waals surface area (Å²) in [7, 11) is 0. The summed E-state index contributed by atoms with van der Waals surface area (Å²) in [5, 5.41) is 14.7. The van der Waals surface area contributed by atoms with E-state index in [1.54, 1.807) is 4.68 Å². The van der Waals surface area contributed by atoms with Crippen molar-refractivity contribution < 1.29 is 4.92 Å². The molecule has 0 amide bonds. The number of nitrogens with zero attached hydrogens (tertiary/aromatic N) is 3. The number of allylic oxidation sites excluding steroid dienone is 1. The molecule has 74 valence electrons. The quantitative estimate of drug-likeness (QED) is 0.506. The fraction of sp³-hybridized carbons (Fsp3) is 0.444. The van der Waals surface area contributed by atoms with Gasteiger partial charge < -0.3 is 0 Å². The van der Waals surface area contributed by atoms with Crippen molar-refractivity contribution in [3.63, 3.8) is 0 Å². The highest BCUT2D eigenvalue weighted by Gasteiger charge is 2.23. The lowest BCUT2D eigenvalue weighted by atomic mass is 10.1. The lowest BCUT2D eigenvalue weighted by Gasteiger charge is -2.01. The fourth-order valence-electron chi connectivity index (χ4n) is 1.76. The van der Waals surface area contributed by atoms with E-state index in [0.717, 1.165) is 31.4 Å². The van der Waals surface area contributed by atoms with E-state index in [0.29, 0.717) is 5.69 Å². The van der Waals surface area contributed by atoms with E-state index >= 15 is 0 Å². The summed E-state index contributed by atoms with van der Waals surface area (Å²) in [6.07, 6.45) is 4.17. The van der Waals surface area contributed by atoms with Gasteiger partial charge in [0.2, 0.25) is 0 Å². The van der Waals surface area contributed by atoms with E-state index in [9.17, 15) is 10.1 Å². The molecule has 1 aromatic heterocycles. The van der Waals surface area contributed by atoms with E-state index in [4.69, 9.17) is 0 Å². The van der Waals surface area contributed by atoms with Crippen molar-refractivity contribution in [1.82, 2.24) is 9.78 Å². The first-order valence-electron chi connectivity index (χ1n) is 4.58. The average Bonchev–Trinajstić information content (AvgIpc) is 2.48. The van der Waals surface area contributed by atoms with Crippen LogP contribution >= 0.6 is 0 Å². The summed E-state index contributed by atoms with van der Waals surface area (Å²) < 4.78 is 1.69. The summed E-state index contributed by atoms with van der Waals surface area (Å²) in [5.74, 6) is 0. The van der Waals surface area contributed by atoms with E-state index < -0.39 is 4.92 Å². The normalized spacial score (nSPS) is 16.1. The smallest absolute Gasteiger partial charge is 0.258 e. The highest BCUT2D eigenvalue weighted by atomic mass is 16.6. The predicted octanol–water partition coefficient (Wildman–Crippen LogP) is 1.99. The summed E-state index contributed by atoms with van der Waals surface area (Å²) in [4.78, 5) is 10.3. The number of hydrogen-bond acceptors (Lipinski definition) is 3. The Bertz CT molecular complexity index is 395. The highest BCUT2D eigenvalue weighted by Crippen LogP contribution is 2.30. The van der Waals surface area contributed by atoms with Crippen LogP contribution in [0.25, 0.3) is 5.57 Å². The topological polar surface area (TPSA) is 61.0 Å². The van der Waals surface area contributed by atoms with Crippen LogP contribution in [0.3, 0.4) is 0 Å². The van der Waals surface area contributed by atoms with E-state index in [1.165, 1.54) is 6.20 Å². The Morgan fingerprint density at radius 2 is 2.36 bits per heavy atom. The summed E-state index contributed by atoms with van der Waals surface area (Å²) in [5.41, 5.74) is 1.51. The fourth-order valence-corrected chi connectivity index (χ4v) is 1.76. The number of nitro groups is 1. The van der Waals surface area contributed by atoms with E-state index in [1.807, 2.05) is 0 Å². The van der Waals surface area contributed by atoms with E-state index in [2.05, 4.69) is 11.7 Å². The molecule has 14 heavy (non-hydrogen) atoms. The van der Waals surface area contributed by atoms with Crippen molar-refractivity contribution in [1.29, 1.82) is 0 Å². The van der Waals surface area contributed by atoms with Gasteiger partial charge in [-0.1, -0.05) is 6.58 Å². The summed E-state index contributed by atoms with van der Waals surface area (Å²) >= 11 is 0. The van der Waals surface area contributed by atoms with Gasteiger partial charge in [0.25, 0.3) is 0 Å². The molecule has 0 radical (unpaired) electrons. The Kier molecular flexibility index (Phi) is 2.07. The molecular weight excluding hydrogens is 182 g/mol. The summed E-state index contributed by atoms with van der Waals surface area (Å²) in [6.45, 7) is 4.62. The molecule has 2 rings (SSSR count). The number of fused-ring (bicyclic) bond motifs is 1. The third-order valence-corrected chi connectivity index (χ3v) is 2.45. The number of rotatable bonds is 1. The molecule has 0 fully saturated rings. The van der Waals surface area contributed by atoms with Crippen LogP contribution in [0, 0.1) is 10.1 Å². The first-order chi connectivity index (χ1) is 6.70. The molecule has 0 spiro atoms. The van der Waals surface area contributed by atoms with Crippen molar-refractivity contribution in [3.8, 4) is 0 Å². The van der Waals surface area contributed by atoms with Crippen molar-refractivity contribution in [2.75, 3.05) is 0 Å². The molecule has 0 saturated heterocycles. The molecule has 5 heteroatoms. The lowest BCUT2D eigenvalue weighted by molar-refractivity contribution is -0.385. The minimum Gasteiger partial charge on any atom is -0.258 e. The van der Waals surface area contributed by atoms with Gasteiger partial charge in [-0.25, -0.2) is 0 Å². The molecule has 0 atom stereocenters. The lowest BCUT2D eigenvalue weighted by Crippen LogP contribution is -2.02. The first kappa shape index (κ1) is 8.93. The first-order valence-corrected chi connectivity index (χ1v) is 4.58. The average molecular weight is 193 g/mol. The number of hydrogen-bond donors (Lipinski definition) is 0. The van der Waals surface area contributed by atoms with Gasteiger partial charge in [-0.3, -0.25) is 14.8 Å². The van der Waals surface area contributed by atoms with Crippen LogP contribution in [0.5, 0.6) is 0 Å². The maximum Gasteiger partial charge on any atom is 0.314 e. The van der Waals surface area contributed by atoms with Gasteiger partial charge in [0, 0.05) is 6.54 Å². The highest BCUT2D eigenvalue weighted by molar-refractivity contribution is 5.68. The van der Waals surface area contributed by atoms with Gasteiger partial charge in [0.15, 0.2) is 0 Å². The van der Waals surface area contributed by atoms with Crippen LogP contribution in [0.4, 0.5) is 5.69 Å². The molecule has 1 aromatic rings. The second-order valence-corrected chi connectivity index (χ2v) is 3.42. The Morgan fingerprint density at radius 3 is 3.07 bits per heavy atom. The Hall–Kier alpha value is -1.65. The molecule has 0 N–H and O–H groups in total. The second-order valence-electron chi connectivity index (χ2n) is 3.42. The predicted molar refractivity (Wildman–Crippen MR) is 51.8 cm³/mol. The largest absolute Gasteiger partial charge is 0.314 e. The maximum atomic E-state index is 10.7. The zero-order chi connectivity index (χ0) is 10.1. The van der Waals surface area contributed by atoms with Gasteiger partial charge in [-0.2, -0.15) is 5.10 Å².